The van der Waals surface area contributed by atoms with Crippen molar-refractivity contribution < 1.29 is 9.53 Å². The Morgan fingerprint density at radius 2 is 2.33 bits per heavy atom. The minimum atomic E-state index is -0.219. The molecular formula is C10H16O2. The summed E-state index contributed by atoms with van der Waals surface area (Å²) in [7, 11) is 0. The fourth-order valence-electron chi connectivity index (χ4n) is 1.74. The molecule has 1 rings (SSSR count). The van der Waals surface area contributed by atoms with Gasteiger partial charge in [0.2, 0.25) is 0 Å². The quantitative estimate of drug-likeness (QED) is 0.467. The average Bonchev–Trinajstić information content (AvgIpc) is 1.98. The van der Waals surface area contributed by atoms with Gasteiger partial charge in [-0.2, -0.15) is 0 Å². The van der Waals surface area contributed by atoms with Crippen LogP contribution in [-0.4, -0.2) is 12.6 Å². The predicted octanol–water partition coefficient (Wildman–Crippen LogP) is 2.30. The number of esters is 1. The van der Waals surface area contributed by atoms with Gasteiger partial charge >= 0.3 is 5.97 Å². The van der Waals surface area contributed by atoms with Crippen LogP contribution < -0.4 is 0 Å². The van der Waals surface area contributed by atoms with E-state index < -0.39 is 0 Å². The molecule has 0 amide bonds. The fraction of sp³-hybridized carbons (Fsp3) is 0.700. The van der Waals surface area contributed by atoms with Crippen molar-refractivity contribution in [2.75, 3.05) is 6.61 Å². The van der Waals surface area contributed by atoms with E-state index in [0.29, 0.717) is 12.2 Å². The van der Waals surface area contributed by atoms with Crippen LogP contribution in [0, 0.1) is 5.41 Å². The average molecular weight is 168 g/mol. The summed E-state index contributed by atoms with van der Waals surface area (Å²) in [5, 5.41) is 0. The minimum Gasteiger partial charge on any atom is -0.462 e. The van der Waals surface area contributed by atoms with E-state index in [0.717, 1.165) is 19.3 Å². The Bertz CT molecular complexity index is 208. The largest absolute Gasteiger partial charge is 0.462 e. The van der Waals surface area contributed by atoms with Crippen LogP contribution in [0.1, 0.15) is 33.1 Å². The third kappa shape index (κ3) is 1.87. The Kier molecular flexibility index (Phi) is 2.55. The van der Waals surface area contributed by atoms with Crippen LogP contribution in [0.4, 0.5) is 0 Å². The highest BCUT2D eigenvalue weighted by Gasteiger charge is 2.32. The van der Waals surface area contributed by atoms with Gasteiger partial charge in [0.1, 0.15) is 0 Å². The fourth-order valence-corrected chi connectivity index (χ4v) is 1.74. The minimum absolute atomic E-state index is 0.139. The van der Waals surface area contributed by atoms with Crippen molar-refractivity contribution in [1.29, 1.82) is 0 Å². The predicted molar refractivity (Wildman–Crippen MR) is 47.7 cm³/mol. The number of rotatable bonds is 2. The van der Waals surface area contributed by atoms with Gasteiger partial charge in [0.25, 0.3) is 0 Å². The van der Waals surface area contributed by atoms with Gasteiger partial charge in [0.05, 0.1) is 6.61 Å². The highest BCUT2D eigenvalue weighted by atomic mass is 16.5. The van der Waals surface area contributed by atoms with E-state index in [4.69, 9.17) is 4.74 Å². The molecule has 1 unspecified atom stereocenters. The van der Waals surface area contributed by atoms with Crippen molar-refractivity contribution in [1.82, 2.24) is 0 Å². The molecule has 1 fully saturated rings. The molecule has 0 radical (unpaired) electrons. The highest BCUT2D eigenvalue weighted by molar-refractivity contribution is 5.88. The molecule has 12 heavy (non-hydrogen) atoms. The van der Waals surface area contributed by atoms with Gasteiger partial charge in [-0.1, -0.05) is 26.8 Å². The third-order valence-electron chi connectivity index (χ3n) is 2.33. The van der Waals surface area contributed by atoms with Crippen molar-refractivity contribution in [2.24, 2.45) is 5.41 Å². The Labute approximate surface area is 73.6 Å². The molecular weight excluding hydrogens is 152 g/mol. The Balaban J connectivity index is 2.60. The van der Waals surface area contributed by atoms with Gasteiger partial charge in [-0.25, -0.2) is 4.79 Å². The molecule has 0 spiro atoms. The van der Waals surface area contributed by atoms with Gasteiger partial charge in [-0.15, -0.1) is 0 Å². The van der Waals surface area contributed by atoms with Crippen LogP contribution in [0.25, 0.3) is 0 Å². The molecule has 1 aliphatic rings. The molecule has 1 aliphatic heterocycles. The van der Waals surface area contributed by atoms with Gasteiger partial charge in [0.15, 0.2) is 0 Å². The van der Waals surface area contributed by atoms with E-state index >= 15 is 0 Å². The smallest absolute Gasteiger partial charge is 0.333 e. The molecule has 2 heteroatoms. The SMILES string of the molecule is C=C1CC(C)(CCC)COC1=O. The second-order valence-electron chi connectivity index (χ2n) is 3.92. The molecule has 2 nitrogen and oxygen atoms in total. The first kappa shape index (κ1) is 9.30. The van der Waals surface area contributed by atoms with Crippen LogP contribution in [0.15, 0.2) is 12.2 Å². The Hall–Kier alpha value is -0.790. The Morgan fingerprint density at radius 3 is 2.83 bits per heavy atom. The van der Waals surface area contributed by atoms with Gasteiger partial charge in [-0.3, -0.25) is 0 Å². The lowest BCUT2D eigenvalue weighted by atomic mass is 9.79. The van der Waals surface area contributed by atoms with Crippen molar-refractivity contribution in [3.8, 4) is 0 Å². The van der Waals surface area contributed by atoms with Crippen LogP contribution >= 0.6 is 0 Å². The van der Waals surface area contributed by atoms with E-state index in [1.807, 2.05) is 0 Å². The molecule has 0 aromatic heterocycles. The first-order valence-electron chi connectivity index (χ1n) is 4.42. The first-order chi connectivity index (χ1) is 5.57. The van der Waals surface area contributed by atoms with Gasteiger partial charge < -0.3 is 4.74 Å². The summed E-state index contributed by atoms with van der Waals surface area (Å²) in [6.07, 6.45) is 3.01. The standard InChI is InChI=1S/C10H16O2/c1-4-5-10(3)6-8(2)9(11)12-7-10/h2,4-7H2,1,3H3. The molecule has 0 bridgehead atoms. The lowest BCUT2D eigenvalue weighted by Gasteiger charge is -2.33. The second-order valence-corrected chi connectivity index (χ2v) is 3.92. The molecule has 0 aromatic rings. The van der Waals surface area contributed by atoms with E-state index in [-0.39, 0.29) is 11.4 Å². The number of hydrogen-bond acceptors (Lipinski definition) is 2. The zero-order valence-corrected chi connectivity index (χ0v) is 7.85. The Morgan fingerprint density at radius 1 is 1.67 bits per heavy atom. The summed E-state index contributed by atoms with van der Waals surface area (Å²) in [6, 6.07) is 0. The maximum atomic E-state index is 11.0. The number of ether oxygens (including phenoxy) is 1. The van der Waals surface area contributed by atoms with Crippen LogP contribution in [0.5, 0.6) is 0 Å². The van der Waals surface area contributed by atoms with E-state index in [2.05, 4.69) is 20.4 Å². The van der Waals surface area contributed by atoms with E-state index in [9.17, 15) is 4.79 Å². The summed E-state index contributed by atoms with van der Waals surface area (Å²) >= 11 is 0. The summed E-state index contributed by atoms with van der Waals surface area (Å²) in [5.41, 5.74) is 0.761. The van der Waals surface area contributed by atoms with Gasteiger partial charge in [-0.05, 0) is 12.8 Å². The van der Waals surface area contributed by atoms with Crippen LogP contribution in [0.2, 0.25) is 0 Å². The van der Waals surface area contributed by atoms with Crippen molar-refractivity contribution in [2.45, 2.75) is 33.1 Å². The third-order valence-corrected chi connectivity index (χ3v) is 2.33. The molecule has 1 atom stereocenters. The normalized spacial score (nSPS) is 30.2. The molecule has 0 aromatic carbocycles. The van der Waals surface area contributed by atoms with E-state index in [1.165, 1.54) is 0 Å². The number of carbonyl (C=O) groups excluding carboxylic acids is 1. The lowest BCUT2D eigenvalue weighted by Crippen LogP contribution is -2.32. The topological polar surface area (TPSA) is 26.3 Å². The zero-order valence-electron chi connectivity index (χ0n) is 7.85. The molecule has 0 aliphatic carbocycles. The van der Waals surface area contributed by atoms with Crippen LogP contribution in [-0.2, 0) is 9.53 Å². The van der Waals surface area contributed by atoms with Crippen molar-refractivity contribution in [3.63, 3.8) is 0 Å². The molecule has 1 heterocycles. The summed E-state index contributed by atoms with van der Waals surface area (Å²) < 4.78 is 5.02. The molecule has 68 valence electrons. The molecule has 0 N–H and O–H groups in total. The summed E-state index contributed by atoms with van der Waals surface area (Å²) in [6.45, 7) is 8.54. The monoisotopic (exact) mass is 168 g/mol. The number of cyclic esters (lactones) is 1. The van der Waals surface area contributed by atoms with Crippen LogP contribution in [0.3, 0.4) is 0 Å². The molecule has 1 saturated heterocycles. The van der Waals surface area contributed by atoms with Gasteiger partial charge in [0, 0.05) is 11.0 Å². The lowest BCUT2D eigenvalue weighted by molar-refractivity contribution is -0.146. The molecule has 0 saturated carbocycles. The number of hydrogen-bond donors (Lipinski definition) is 0. The second kappa shape index (κ2) is 3.30. The number of carbonyl (C=O) groups is 1. The maximum absolute atomic E-state index is 11.0. The van der Waals surface area contributed by atoms with Crippen molar-refractivity contribution in [3.05, 3.63) is 12.2 Å². The summed E-state index contributed by atoms with van der Waals surface area (Å²) in [4.78, 5) is 11.0. The highest BCUT2D eigenvalue weighted by Crippen LogP contribution is 2.34. The first-order valence-corrected chi connectivity index (χ1v) is 4.42. The maximum Gasteiger partial charge on any atom is 0.333 e. The van der Waals surface area contributed by atoms with E-state index in [1.54, 1.807) is 0 Å². The summed E-state index contributed by atoms with van der Waals surface area (Å²) in [5.74, 6) is -0.219. The zero-order chi connectivity index (χ0) is 9.19. The van der Waals surface area contributed by atoms with Crippen molar-refractivity contribution >= 4 is 5.97 Å².